The number of carbonyl (C=O) groups is 3. The lowest BCUT2D eigenvalue weighted by Crippen LogP contribution is -2.54. The van der Waals surface area contributed by atoms with E-state index in [4.69, 9.17) is 34.8 Å². The number of benzene rings is 2. The number of nitrogens with one attached hydrogen (secondary N) is 1. The molecule has 1 saturated heterocycles. The van der Waals surface area contributed by atoms with Crippen molar-refractivity contribution in [3.8, 4) is 5.69 Å². The van der Waals surface area contributed by atoms with E-state index in [9.17, 15) is 14.4 Å². The molecule has 0 spiro atoms. The number of aryl methyl sites for hydroxylation is 2. The monoisotopic (exact) mass is 501 g/mol. The first-order valence-electron chi connectivity index (χ1n) is 9.90. The second-order valence-electron chi connectivity index (χ2n) is 7.65. The fourth-order valence-electron chi connectivity index (χ4n) is 3.72. The molecule has 0 saturated carbocycles. The highest BCUT2D eigenvalue weighted by atomic mass is 35.5. The third-order valence-corrected chi connectivity index (χ3v) is 6.59. The summed E-state index contributed by atoms with van der Waals surface area (Å²) in [5, 5.41) is 3.48. The predicted octanol–water partition coefficient (Wildman–Crippen LogP) is 6.03. The number of aromatic nitrogens is 1. The van der Waals surface area contributed by atoms with Crippen LogP contribution in [0.3, 0.4) is 0 Å². The quantitative estimate of drug-likeness (QED) is 0.351. The maximum atomic E-state index is 13.2. The molecule has 1 fully saturated rings. The number of carbonyl (C=O) groups excluding carboxylic acids is 3. The van der Waals surface area contributed by atoms with Gasteiger partial charge >= 0.3 is 6.03 Å². The van der Waals surface area contributed by atoms with Gasteiger partial charge in [0.25, 0.3) is 11.8 Å². The molecular weight excluding hydrogens is 485 g/mol. The lowest BCUT2D eigenvalue weighted by atomic mass is 10.1. The summed E-state index contributed by atoms with van der Waals surface area (Å²) in [6, 6.07) is 11.1. The Kier molecular flexibility index (Phi) is 6.10. The molecule has 2 heterocycles. The van der Waals surface area contributed by atoms with Crippen molar-refractivity contribution in [1.82, 2.24) is 9.88 Å². The standard InChI is InChI=1S/C24H18Cl3N3O3/c1-12-4-5-17(10-20(12)26)30-23(32)18(22(31)28-24(30)33)9-15-8-13(2)29(14(15)3)16-6-7-19(25)21(27)11-16/h4-11H,1-3H3,(H,28,31,33)/b18-9+. The van der Waals surface area contributed by atoms with Crippen LogP contribution in [0.1, 0.15) is 22.5 Å². The SMILES string of the molecule is Cc1ccc(N2C(=O)NC(=O)/C(=C\c3cc(C)n(-c4ccc(Cl)c(Cl)c4)c3C)C2=O)cc1Cl. The van der Waals surface area contributed by atoms with Crippen molar-refractivity contribution < 1.29 is 14.4 Å². The van der Waals surface area contributed by atoms with Gasteiger partial charge in [0, 0.05) is 22.1 Å². The van der Waals surface area contributed by atoms with E-state index in [-0.39, 0.29) is 11.3 Å². The third-order valence-electron chi connectivity index (χ3n) is 5.45. The number of anilines is 1. The predicted molar refractivity (Wildman–Crippen MR) is 130 cm³/mol. The van der Waals surface area contributed by atoms with Gasteiger partial charge in [-0.1, -0.05) is 40.9 Å². The van der Waals surface area contributed by atoms with Gasteiger partial charge in [-0.25, -0.2) is 9.69 Å². The van der Waals surface area contributed by atoms with Crippen molar-refractivity contribution in [2.75, 3.05) is 4.90 Å². The number of hydrogen-bond donors (Lipinski definition) is 1. The molecule has 2 aromatic carbocycles. The zero-order valence-electron chi connectivity index (χ0n) is 17.9. The van der Waals surface area contributed by atoms with E-state index < -0.39 is 17.8 Å². The Morgan fingerprint density at radius 2 is 1.48 bits per heavy atom. The number of barbiturate groups is 1. The van der Waals surface area contributed by atoms with Crippen molar-refractivity contribution in [1.29, 1.82) is 0 Å². The Hall–Kier alpha value is -3.06. The first-order chi connectivity index (χ1) is 15.6. The zero-order valence-corrected chi connectivity index (χ0v) is 20.1. The van der Waals surface area contributed by atoms with Crippen LogP contribution < -0.4 is 10.2 Å². The summed E-state index contributed by atoms with van der Waals surface area (Å²) in [6.45, 7) is 5.56. The normalized spacial score (nSPS) is 15.4. The highest BCUT2D eigenvalue weighted by molar-refractivity contribution is 6.42. The molecule has 3 aromatic rings. The number of urea groups is 1. The van der Waals surface area contributed by atoms with Crippen molar-refractivity contribution in [2.24, 2.45) is 0 Å². The minimum Gasteiger partial charge on any atom is -0.318 e. The molecule has 1 N–H and O–H groups in total. The van der Waals surface area contributed by atoms with Gasteiger partial charge in [-0.2, -0.15) is 0 Å². The second kappa shape index (κ2) is 8.71. The summed E-state index contributed by atoms with van der Waals surface area (Å²) in [4.78, 5) is 39.1. The molecule has 168 valence electrons. The van der Waals surface area contributed by atoms with Crippen LogP contribution >= 0.6 is 34.8 Å². The first kappa shape index (κ1) is 23.1. The van der Waals surface area contributed by atoms with E-state index in [1.54, 1.807) is 24.3 Å². The molecule has 6 nitrogen and oxygen atoms in total. The average molecular weight is 503 g/mol. The fraction of sp³-hybridized carbons (Fsp3) is 0.125. The minimum absolute atomic E-state index is 0.166. The summed E-state index contributed by atoms with van der Waals surface area (Å²) in [5.41, 5.74) is 3.98. The lowest BCUT2D eigenvalue weighted by Gasteiger charge is -2.26. The minimum atomic E-state index is -0.830. The van der Waals surface area contributed by atoms with Crippen molar-refractivity contribution in [2.45, 2.75) is 20.8 Å². The van der Waals surface area contributed by atoms with Crippen LogP contribution in [-0.2, 0) is 9.59 Å². The Bertz CT molecular complexity index is 1370. The van der Waals surface area contributed by atoms with Crippen LogP contribution in [0, 0.1) is 20.8 Å². The molecule has 4 amide bonds. The molecule has 1 aromatic heterocycles. The van der Waals surface area contributed by atoms with Gasteiger partial charge in [-0.3, -0.25) is 14.9 Å². The molecule has 0 bridgehead atoms. The van der Waals surface area contributed by atoms with Gasteiger partial charge in [0.15, 0.2) is 0 Å². The Morgan fingerprint density at radius 3 is 2.15 bits per heavy atom. The third kappa shape index (κ3) is 4.17. The largest absolute Gasteiger partial charge is 0.335 e. The number of halogens is 3. The summed E-state index contributed by atoms with van der Waals surface area (Å²) >= 11 is 18.4. The number of rotatable bonds is 3. The van der Waals surface area contributed by atoms with E-state index >= 15 is 0 Å². The van der Waals surface area contributed by atoms with E-state index in [1.165, 1.54) is 12.1 Å². The van der Waals surface area contributed by atoms with Gasteiger partial charge in [0.2, 0.25) is 0 Å². The lowest BCUT2D eigenvalue weighted by molar-refractivity contribution is -0.122. The highest BCUT2D eigenvalue weighted by Gasteiger charge is 2.37. The molecule has 1 aliphatic heterocycles. The van der Waals surface area contributed by atoms with Gasteiger partial charge in [-0.05, 0) is 74.4 Å². The smallest absolute Gasteiger partial charge is 0.318 e. The first-order valence-corrected chi connectivity index (χ1v) is 11.0. The molecule has 0 radical (unpaired) electrons. The van der Waals surface area contributed by atoms with Gasteiger partial charge < -0.3 is 4.57 Å². The number of imide groups is 2. The zero-order chi connectivity index (χ0) is 24.0. The van der Waals surface area contributed by atoms with E-state index in [1.807, 2.05) is 37.5 Å². The molecule has 0 unspecified atom stereocenters. The number of nitrogens with zero attached hydrogens (tertiary/aromatic N) is 2. The van der Waals surface area contributed by atoms with E-state index in [0.717, 1.165) is 27.5 Å². The van der Waals surface area contributed by atoms with Crippen LogP contribution in [0.4, 0.5) is 10.5 Å². The topological polar surface area (TPSA) is 71.4 Å². The van der Waals surface area contributed by atoms with E-state index in [2.05, 4.69) is 5.32 Å². The molecule has 4 rings (SSSR count). The molecule has 0 aliphatic carbocycles. The van der Waals surface area contributed by atoms with Crippen LogP contribution in [0.15, 0.2) is 48.0 Å². The Labute approximate surface area is 205 Å². The summed E-state index contributed by atoms with van der Waals surface area (Å²) in [6.07, 6.45) is 1.48. The summed E-state index contributed by atoms with van der Waals surface area (Å²) in [7, 11) is 0. The molecule has 33 heavy (non-hydrogen) atoms. The van der Waals surface area contributed by atoms with E-state index in [0.29, 0.717) is 20.6 Å². The molecular formula is C24H18Cl3N3O3. The van der Waals surface area contributed by atoms with Crippen molar-refractivity contribution in [3.63, 3.8) is 0 Å². The second-order valence-corrected chi connectivity index (χ2v) is 8.87. The number of hydrogen-bond acceptors (Lipinski definition) is 3. The summed E-state index contributed by atoms with van der Waals surface area (Å²) < 4.78 is 1.93. The Morgan fingerprint density at radius 1 is 0.818 bits per heavy atom. The highest BCUT2D eigenvalue weighted by Crippen LogP contribution is 2.30. The maximum absolute atomic E-state index is 13.2. The molecule has 9 heteroatoms. The fourth-order valence-corrected chi connectivity index (χ4v) is 4.19. The van der Waals surface area contributed by atoms with Crippen LogP contribution in [-0.4, -0.2) is 22.4 Å². The molecule has 0 atom stereocenters. The Balaban J connectivity index is 1.77. The average Bonchev–Trinajstić information content (AvgIpc) is 3.03. The van der Waals surface area contributed by atoms with Crippen LogP contribution in [0.2, 0.25) is 15.1 Å². The van der Waals surface area contributed by atoms with Gasteiger partial charge in [0.05, 0.1) is 15.7 Å². The number of amides is 4. The van der Waals surface area contributed by atoms with Gasteiger partial charge in [0.1, 0.15) is 5.57 Å². The van der Waals surface area contributed by atoms with Crippen LogP contribution in [0.5, 0.6) is 0 Å². The summed E-state index contributed by atoms with van der Waals surface area (Å²) in [5.74, 6) is -1.50. The maximum Gasteiger partial charge on any atom is 0.335 e. The van der Waals surface area contributed by atoms with Crippen molar-refractivity contribution in [3.05, 3.63) is 85.6 Å². The van der Waals surface area contributed by atoms with Crippen LogP contribution in [0.25, 0.3) is 11.8 Å². The van der Waals surface area contributed by atoms with Crippen molar-refractivity contribution >= 4 is 64.4 Å². The molecule has 1 aliphatic rings. The van der Waals surface area contributed by atoms with Gasteiger partial charge in [-0.15, -0.1) is 0 Å².